The molecule has 104 valence electrons. The lowest BCUT2D eigenvalue weighted by Crippen LogP contribution is -2.37. The number of carbonyl (C=O) groups is 2. The summed E-state index contributed by atoms with van der Waals surface area (Å²) in [5, 5.41) is 3.42. The lowest BCUT2D eigenvalue weighted by atomic mass is 10.2. The van der Waals surface area contributed by atoms with Gasteiger partial charge in [-0.25, -0.2) is 0 Å². The number of rotatable bonds is 1. The fourth-order valence-corrected chi connectivity index (χ4v) is 2.14. The van der Waals surface area contributed by atoms with Crippen LogP contribution < -0.4 is 5.32 Å². The molecule has 0 atom stereocenters. The molecule has 0 saturated heterocycles. The van der Waals surface area contributed by atoms with E-state index in [0.29, 0.717) is 21.3 Å². The number of halogens is 2. The summed E-state index contributed by atoms with van der Waals surface area (Å²) in [6.45, 7) is 1.35. The van der Waals surface area contributed by atoms with Crippen molar-refractivity contribution in [1.29, 1.82) is 0 Å². The summed E-state index contributed by atoms with van der Waals surface area (Å²) in [5.41, 5.74) is 0.962. The first-order valence-corrected chi connectivity index (χ1v) is 6.45. The SMILES string of the molecule is CC(=O)NC1=NC(=O)/C(=C\c2ccc(Cl)cc2Cl)N1C. The van der Waals surface area contributed by atoms with Crippen molar-refractivity contribution in [2.75, 3.05) is 7.05 Å². The first-order chi connectivity index (χ1) is 9.38. The first kappa shape index (κ1) is 14.6. The molecule has 1 N–H and O–H groups in total. The molecule has 1 aliphatic rings. The number of hydrogen-bond donors (Lipinski definition) is 1. The molecule has 1 aromatic rings. The lowest BCUT2D eigenvalue weighted by Gasteiger charge is -2.14. The van der Waals surface area contributed by atoms with Crippen LogP contribution >= 0.6 is 23.2 Å². The molecular formula is C13H11Cl2N3O2. The van der Waals surface area contributed by atoms with Crippen molar-refractivity contribution in [3.63, 3.8) is 0 Å². The zero-order chi connectivity index (χ0) is 14.9. The van der Waals surface area contributed by atoms with Gasteiger partial charge in [0, 0.05) is 24.0 Å². The maximum Gasteiger partial charge on any atom is 0.296 e. The largest absolute Gasteiger partial charge is 0.310 e. The van der Waals surface area contributed by atoms with E-state index in [0.717, 1.165) is 0 Å². The van der Waals surface area contributed by atoms with E-state index in [-0.39, 0.29) is 11.9 Å². The molecule has 0 aromatic heterocycles. The number of hydrogen-bond acceptors (Lipinski definition) is 3. The number of aliphatic imine (C=N–C) groups is 1. The van der Waals surface area contributed by atoms with E-state index >= 15 is 0 Å². The summed E-state index contributed by atoms with van der Waals surface area (Å²) in [6.07, 6.45) is 1.60. The van der Waals surface area contributed by atoms with Crippen LogP contribution in [0, 0.1) is 0 Å². The summed E-state index contributed by atoms with van der Waals surface area (Å²) in [5.74, 6) is -0.546. The lowest BCUT2D eigenvalue weighted by molar-refractivity contribution is -0.117. The van der Waals surface area contributed by atoms with E-state index in [1.807, 2.05) is 0 Å². The van der Waals surface area contributed by atoms with Gasteiger partial charge in [-0.3, -0.25) is 14.9 Å². The van der Waals surface area contributed by atoms with Gasteiger partial charge in [-0.05, 0) is 23.8 Å². The Morgan fingerprint density at radius 2 is 2.10 bits per heavy atom. The van der Waals surface area contributed by atoms with Gasteiger partial charge in [0.15, 0.2) is 0 Å². The molecule has 0 unspecified atom stereocenters. The third-order valence-corrected chi connectivity index (χ3v) is 3.21. The minimum Gasteiger partial charge on any atom is -0.310 e. The van der Waals surface area contributed by atoms with E-state index < -0.39 is 5.91 Å². The molecule has 1 aromatic carbocycles. The number of benzene rings is 1. The van der Waals surface area contributed by atoms with Crippen LogP contribution in [-0.2, 0) is 9.59 Å². The summed E-state index contributed by atoms with van der Waals surface area (Å²) in [7, 11) is 1.63. The summed E-state index contributed by atoms with van der Waals surface area (Å²) in [6, 6.07) is 4.97. The van der Waals surface area contributed by atoms with Gasteiger partial charge in [0.1, 0.15) is 5.70 Å². The minimum atomic E-state index is -0.442. The molecular weight excluding hydrogens is 301 g/mol. The van der Waals surface area contributed by atoms with Gasteiger partial charge in [0.25, 0.3) is 5.91 Å². The van der Waals surface area contributed by atoms with Crippen LogP contribution in [0.1, 0.15) is 12.5 Å². The number of likely N-dealkylation sites (N-methyl/N-ethyl adjacent to an activating group) is 1. The number of carbonyl (C=O) groups excluding carboxylic acids is 2. The smallest absolute Gasteiger partial charge is 0.296 e. The van der Waals surface area contributed by atoms with Crippen molar-refractivity contribution in [3.05, 3.63) is 39.5 Å². The Morgan fingerprint density at radius 3 is 2.70 bits per heavy atom. The Balaban J connectivity index is 2.32. The Morgan fingerprint density at radius 1 is 1.40 bits per heavy atom. The maximum atomic E-state index is 11.8. The van der Waals surface area contributed by atoms with Gasteiger partial charge >= 0.3 is 0 Å². The van der Waals surface area contributed by atoms with Crippen molar-refractivity contribution in [2.45, 2.75) is 6.92 Å². The van der Waals surface area contributed by atoms with E-state index in [1.54, 1.807) is 31.3 Å². The predicted octanol–water partition coefficient (Wildman–Crippen LogP) is 2.30. The molecule has 1 aliphatic heterocycles. The van der Waals surface area contributed by atoms with Crippen molar-refractivity contribution < 1.29 is 9.59 Å². The molecule has 0 spiro atoms. The van der Waals surface area contributed by atoms with Gasteiger partial charge < -0.3 is 4.90 Å². The van der Waals surface area contributed by atoms with Crippen molar-refractivity contribution in [2.24, 2.45) is 4.99 Å². The molecule has 0 aliphatic carbocycles. The first-order valence-electron chi connectivity index (χ1n) is 5.69. The third kappa shape index (κ3) is 3.00. The van der Waals surface area contributed by atoms with Gasteiger partial charge in [0.2, 0.25) is 11.9 Å². The standard InChI is InChI=1S/C13H11Cl2N3O2/c1-7(19)16-13-17-12(20)11(18(13)2)5-8-3-4-9(14)6-10(8)15/h3-6H,1-2H3,(H,16,17,19,20)/b11-5+. The zero-order valence-corrected chi connectivity index (χ0v) is 12.3. The molecule has 20 heavy (non-hydrogen) atoms. The third-order valence-electron chi connectivity index (χ3n) is 2.65. The molecule has 0 saturated carbocycles. The van der Waals surface area contributed by atoms with Gasteiger partial charge in [-0.1, -0.05) is 29.3 Å². The Labute approximate surface area is 125 Å². The quantitative estimate of drug-likeness (QED) is 0.809. The highest BCUT2D eigenvalue weighted by molar-refractivity contribution is 6.35. The predicted molar refractivity (Wildman–Crippen MR) is 78.5 cm³/mol. The minimum absolute atomic E-state index is 0.193. The summed E-state index contributed by atoms with van der Waals surface area (Å²) < 4.78 is 0. The Bertz CT molecular complexity index is 653. The second kappa shape index (κ2) is 5.64. The average molecular weight is 312 g/mol. The molecule has 7 heteroatoms. The van der Waals surface area contributed by atoms with Gasteiger partial charge in [0.05, 0.1) is 0 Å². The molecule has 5 nitrogen and oxygen atoms in total. The maximum absolute atomic E-state index is 11.8. The molecule has 0 fully saturated rings. The highest BCUT2D eigenvalue weighted by atomic mass is 35.5. The molecule has 2 rings (SSSR count). The second-order valence-electron chi connectivity index (χ2n) is 4.18. The monoisotopic (exact) mass is 311 g/mol. The Hall–Kier alpha value is -1.85. The molecule has 0 bridgehead atoms. The number of guanidine groups is 1. The van der Waals surface area contributed by atoms with E-state index in [2.05, 4.69) is 10.3 Å². The van der Waals surface area contributed by atoms with Crippen LogP contribution in [0.2, 0.25) is 10.0 Å². The highest BCUT2D eigenvalue weighted by Crippen LogP contribution is 2.25. The number of amides is 2. The summed E-state index contributed by atoms with van der Waals surface area (Å²) >= 11 is 11.9. The van der Waals surface area contributed by atoms with E-state index in [1.165, 1.54) is 11.8 Å². The fraction of sp³-hybridized carbons (Fsp3) is 0.154. The van der Waals surface area contributed by atoms with Crippen LogP contribution in [0.4, 0.5) is 0 Å². The fourth-order valence-electron chi connectivity index (χ4n) is 1.68. The van der Waals surface area contributed by atoms with Crippen molar-refractivity contribution in [3.8, 4) is 0 Å². The molecule has 1 heterocycles. The van der Waals surface area contributed by atoms with Crippen molar-refractivity contribution >= 4 is 47.1 Å². The van der Waals surface area contributed by atoms with E-state index in [4.69, 9.17) is 23.2 Å². The van der Waals surface area contributed by atoms with Gasteiger partial charge in [-0.2, -0.15) is 4.99 Å². The van der Waals surface area contributed by atoms with Crippen LogP contribution in [0.3, 0.4) is 0 Å². The van der Waals surface area contributed by atoms with E-state index in [9.17, 15) is 9.59 Å². The highest BCUT2D eigenvalue weighted by Gasteiger charge is 2.27. The van der Waals surface area contributed by atoms with Gasteiger partial charge in [-0.15, -0.1) is 0 Å². The normalized spacial score (nSPS) is 16.6. The zero-order valence-electron chi connectivity index (χ0n) is 10.8. The second-order valence-corrected chi connectivity index (χ2v) is 5.02. The van der Waals surface area contributed by atoms with Crippen molar-refractivity contribution in [1.82, 2.24) is 10.2 Å². The molecule has 0 radical (unpaired) electrons. The molecule has 2 amide bonds. The topological polar surface area (TPSA) is 61.8 Å². The van der Waals surface area contributed by atoms with Crippen LogP contribution in [0.25, 0.3) is 6.08 Å². The number of nitrogens with one attached hydrogen (secondary N) is 1. The summed E-state index contributed by atoms with van der Waals surface area (Å²) in [4.78, 5) is 28.1. The Kier molecular flexibility index (Phi) is 4.11. The van der Waals surface area contributed by atoms with Crippen LogP contribution in [-0.4, -0.2) is 29.7 Å². The average Bonchev–Trinajstić information content (AvgIpc) is 2.59. The number of nitrogens with zero attached hydrogens (tertiary/aromatic N) is 2. The van der Waals surface area contributed by atoms with Crippen LogP contribution in [0.5, 0.6) is 0 Å². The van der Waals surface area contributed by atoms with Crippen LogP contribution in [0.15, 0.2) is 28.9 Å².